The van der Waals surface area contributed by atoms with Gasteiger partial charge in [-0.2, -0.15) is 0 Å². The van der Waals surface area contributed by atoms with E-state index in [2.05, 4.69) is 14.9 Å². The maximum absolute atomic E-state index is 11.8. The van der Waals surface area contributed by atoms with E-state index in [-0.39, 0.29) is 5.69 Å². The predicted octanol–water partition coefficient (Wildman–Crippen LogP) is 0.697. The molecule has 1 heterocycles. The molecule has 9 heteroatoms. The van der Waals surface area contributed by atoms with Crippen LogP contribution in [0.25, 0.3) is 11.4 Å². The lowest BCUT2D eigenvalue weighted by Gasteiger charge is -2.11. The predicted molar refractivity (Wildman–Crippen MR) is 76.1 cm³/mol. The van der Waals surface area contributed by atoms with Crippen molar-refractivity contribution >= 4 is 21.7 Å². The summed E-state index contributed by atoms with van der Waals surface area (Å²) in [6.45, 7) is 1.11. The molecule has 0 amide bonds. The highest BCUT2D eigenvalue weighted by Gasteiger charge is 2.27. The van der Waals surface area contributed by atoms with Gasteiger partial charge < -0.3 is 9.67 Å². The minimum absolute atomic E-state index is 0.286. The topological polar surface area (TPSA) is 114 Å². The third-order valence-electron chi connectivity index (χ3n) is 2.93. The molecule has 1 atom stereocenters. The Hall–Kier alpha value is -2.42. The molecular weight excluding hydrogens is 296 g/mol. The zero-order chi connectivity index (χ0) is 15.6. The van der Waals surface area contributed by atoms with Crippen molar-refractivity contribution in [2.45, 2.75) is 12.2 Å². The van der Waals surface area contributed by atoms with Gasteiger partial charge in [0.25, 0.3) is 0 Å². The number of hydrogen-bond donors (Lipinski definition) is 2. The number of sulfonamides is 1. The maximum atomic E-state index is 11.8. The molecule has 0 bridgehead atoms. The SMILES string of the molecule is CC(C(=O)O)S(=O)(=O)Nc1ccc(-c2nncn2C)cc1. The van der Waals surface area contributed by atoms with Crippen LogP contribution in [-0.2, 0) is 21.9 Å². The van der Waals surface area contributed by atoms with Gasteiger partial charge in [-0.05, 0) is 31.2 Å². The molecule has 1 aromatic heterocycles. The fourth-order valence-corrected chi connectivity index (χ4v) is 2.52. The number of aliphatic carboxylic acids is 1. The lowest BCUT2D eigenvalue weighted by Crippen LogP contribution is -2.32. The number of aryl methyl sites for hydroxylation is 1. The number of hydrogen-bond acceptors (Lipinski definition) is 5. The maximum Gasteiger partial charge on any atom is 0.323 e. The summed E-state index contributed by atoms with van der Waals surface area (Å²) in [4.78, 5) is 10.7. The molecule has 1 unspecified atom stereocenters. The van der Waals surface area contributed by atoms with Crippen LogP contribution in [0.3, 0.4) is 0 Å². The first-order chi connectivity index (χ1) is 9.81. The molecule has 0 fully saturated rings. The molecule has 2 aromatic rings. The average Bonchev–Trinajstić information content (AvgIpc) is 2.84. The van der Waals surface area contributed by atoms with Crippen LogP contribution in [0.1, 0.15) is 6.92 Å². The molecule has 0 aliphatic heterocycles. The standard InChI is InChI=1S/C12H14N4O4S/c1-8(12(17)18)21(19,20)15-10-5-3-9(4-6-10)11-14-13-7-16(11)2/h3-8,15H,1-2H3,(H,17,18). The second-order valence-electron chi connectivity index (χ2n) is 4.47. The zero-order valence-corrected chi connectivity index (χ0v) is 12.2. The minimum Gasteiger partial charge on any atom is -0.480 e. The Balaban J connectivity index is 2.21. The first-order valence-electron chi connectivity index (χ1n) is 6.00. The summed E-state index contributed by atoms with van der Waals surface area (Å²) in [6, 6.07) is 6.42. The summed E-state index contributed by atoms with van der Waals surface area (Å²) in [5.41, 5.74) is 1.05. The quantitative estimate of drug-likeness (QED) is 0.840. The van der Waals surface area contributed by atoms with E-state index in [9.17, 15) is 13.2 Å². The van der Waals surface area contributed by atoms with Crippen molar-refractivity contribution in [2.24, 2.45) is 7.05 Å². The number of nitrogens with zero attached hydrogens (tertiary/aromatic N) is 3. The Kier molecular flexibility index (Phi) is 3.94. The first kappa shape index (κ1) is 15.0. The molecule has 1 aromatic carbocycles. The number of benzene rings is 1. The van der Waals surface area contributed by atoms with Crippen LogP contribution < -0.4 is 4.72 Å². The molecular formula is C12H14N4O4S. The second kappa shape index (κ2) is 5.52. The molecule has 2 rings (SSSR count). The molecule has 0 aliphatic carbocycles. The van der Waals surface area contributed by atoms with Crippen LogP contribution in [-0.4, -0.2) is 39.5 Å². The van der Waals surface area contributed by atoms with Gasteiger partial charge in [0, 0.05) is 18.3 Å². The Labute approximate surface area is 121 Å². The van der Waals surface area contributed by atoms with Crippen molar-refractivity contribution in [3.63, 3.8) is 0 Å². The Morgan fingerprint density at radius 1 is 1.33 bits per heavy atom. The number of carboxylic acids is 1. The summed E-state index contributed by atoms with van der Waals surface area (Å²) >= 11 is 0. The lowest BCUT2D eigenvalue weighted by atomic mass is 10.2. The van der Waals surface area contributed by atoms with Gasteiger partial charge in [-0.25, -0.2) is 8.42 Å². The second-order valence-corrected chi connectivity index (χ2v) is 6.47. The lowest BCUT2D eigenvalue weighted by molar-refractivity contribution is -0.136. The molecule has 0 radical (unpaired) electrons. The fraction of sp³-hybridized carbons (Fsp3) is 0.250. The van der Waals surface area contributed by atoms with E-state index in [1.165, 1.54) is 12.1 Å². The highest BCUT2D eigenvalue weighted by atomic mass is 32.2. The van der Waals surface area contributed by atoms with E-state index in [0.717, 1.165) is 12.5 Å². The number of aromatic nitrogens is 3. The highest BCUT2D eigenvalue weighted by Crippen LogP contribution is 2.20. The molecule has 0 saturated carbocycles. The average molecular weight is 310 g/mol. The van der Waals surface area contributed by atoms with Crippen molar-refractivity contribution in [3.8, 4) is 11.4 Å². The molecule has 112 valence electrons. The van der Waals surface area contributed by atoms with Crippen LogP contribution in [0.5, 0.6) is 0 Å². The first-order valence-corrected chi connectivity index (χ1v) is 7.55. The summed E-state index contributed by atoms with van der Waals surface area (Å²) in [5.74, 6) is -0.762. The van der Waals surface area contributed by atoms with Crippen LogP contribution in [0.4, 0.5) is 5.69 Å². The van der Waals surface area contributed by atoms with Crippen molar-refractivity contribution in [2.75, 3.05) is 4.72 Å². The molecule has 8 nitrogen and oxygen atoms in total. The van der Waals surface area contributed by atoms with Crippen molar-refractivity contribution in [3.05, 3.63) is 30.6 Å². The van der Waals surface area contributed by atoms with E-state index in [1.54, 1.807) is 30.1 Å². The number of carboxylic acid groups (broad SMARTS) is 1. The van der Waals surface area contributed by atoms with Crippen LogP contribution in [0, 0.1) is 0 Å². The Morgan fingerprint density at radius 3 is 2.43 bits per heavy atom. The molecule has 21 heavy (non-hydrogen) atoms. The normalized spacial score (nSPS) is 12.9. The number of nitrogens with one attached hydrogen (secondary N) is 1. The van der Waals surface area contributed by atoms with Gasteiger partial charge in [-0.1, -0.05) is 0 Å². The zero-order valence-electron chi connectivity index (χ0n) is 11.4. The van der Waals surface area contributed by atoms with Gasteiger partial charge in [0.05, 0.1) is 0 Å². The molecule has 0 saturated heterocycles. The van der Waals surface area contributed by atoms with Gasteiger partial charge in [-0.3, -0.25) is 9.52 Å². The Bertz CT molecular complexity index is 752. The van der Waals surface area contributed by atoms with Gasteiger partial charge in [0.2, 0.25) is 10.0 Å². The van der Waals surface area contributed by atoms with Crippen LogP contribution in [0.2, 0.25) is 0 Å². The van der Waals surface area contributed by atoms with Crippen molar-refractivity contribution in [1.29, 1.82) is 0 Å². The van der Waals surface area contributed by atoms with E-state index in [0.29, 0.717) is 5.82 Å². The van der Waals surface area contributed by atoms with Gasteiger partial charge in [0.1, 0.15) is 6.33 Å². The minimum atomic E-state index is -3.97. The largest absolute Gasteiger partial charge is 0.480 e. The summed E-state index contributed by atoms with van der Waals surface area (Å²) in [7, 11) is -2.18. The number of anilines is 1. The Morgan fingerprint density at radius 2 is 1.95 bits per heavy atom. The van der Waals surface area contributed by atoms with E-state index in [1.807, 2.05) is 0 Å². The van der Waals surface area contributed by atoms with Crippen molar-refractivity contribution in [1.82, 2.24) is 14.8 Å². The van der Waals surface area contributed by atoms with E-state index >= 15 is 0 Å². The molecule has 0 spiro atoms. The van der Waals surface area contributed by atoms with Gasteiger partial charge >= 0.3 is 5.97 Å². The third kappa shape index (κ3) is 3.19. The molecule has 0 aliphatic rings. The van der Waals surface area contributed by atoms with Crippen LogP contribution >= 0.6 is 0 Å². The molecule has 2 N–H and O–H groups in total. The van der Waals surface area contributed by atoms with Gasteiger partial charge in [-0.15, -0.1) is 10.2 Å². The highest BCUT2D eigenvalue weighted by molar-refractivity contribution is 7.94. The monoisotopic (exact) mass is 310 g/mol. The summed E-state index contributed by atoms with van der Waals surface area (Å²) < 4.78 is 27.5. The summed E-state index contributed by atoms with van der Waals surface area (Å²) in [6.07, 6.45) is 1.56. The fourth-order valence-electron chi connectivity index (χ4n) is 1.62. The third-order valence-corrected chi connectivity index (χ3v) is 4.58. The number of carbonyl (C=O) groups is 1. The number of rotatable bonds is 5. The summed E-state index contributed by atoms with van der Waals surface area (Å²) in [5, 5.41) is 14.9. The smallest absolute Gasteiger partial charge is 0.323 e. The van der Waals surface area contributed by atoms with Crippen molar-refractivity contribution < 1.29 is 18.3 Å². The van der Waals surface area contributed by atoms with Crippen LogP contribution in [0.15, 0.2) is 30.6 Å². The van der Waals surface area contributed by atoms with E-state index in [4.69, 9.17) is 5.11 Å². The van der Waals surface area contributed by atoms with Gasteiger partial charge in [0.15, 0.2) is 11.1 Å². The van der Waals surface area contributed by atoms with E-state index < -0.39 is 21.2 Å².